The highest BCUT2D eigenvalue weighted by Crippen LogP contribution is 2.42. The summed E-state index contributed by atoms with van der Waals surface area (Å²) in [5.74, 6) is 1.81. The average Bonchev–Trinajstić information content (AvgIpc) is 3.34. The van der Waals surface area contributed by atoms with Crippen LogP contribution in [0.3, 0.4) is 0 Å². The van der Waals surface area contributed by atoms with E-state index < -0.39 is 0 Å². The van der Waals surface area contributed by atoms with Crippen molar-refractivity contribution in [1.29, 1.82) is 0 Å². The molecule has 0 fully saturated rings. The van der Waals surface area contributed by atoms with E-state index in [9.17, 15) is 4.79 Å². The Morgan fingerprint density at radius 2 is 1.78 bits per heavy atom. The van der Waals surface area contributed by atoms with E-state index in [2.05, 4.69) is 12.2 Å². The maximum Gasteiger partial charge on any atom is 0.248 e. The Morgan fingerprint density at radius 1 is 1.03 bits per heavy atom. The molecule has 0 aliphatic carbocycles. The fraction of sp³-hybridized carbons (Fsp3) is 0.258. The molecule has 0 aliphatic heterocycles. The van der Waals surface area contributed by atoms with Crippen LogP contribution in [0.1, 0.15) is 37.5 Å². The molecule has 0 spiro atoms. The number of furan rings is 1. The average molecular weight is 500 g/mol. The Bertz CT molecular complexity index is 1460. The second-order valence-electron chi connectivity index (χ2n) is 8.73. The summed E-state index contributed by atoms with van der Waals surface area (Å²) in [5.41, 5.74) is 7.01. The van der Waals surface area contributed by atoms with Crippen molar-refractivity contribution in [3.8, 4) is 28.4 Å². The third-order valence-electron chi connectivity index (χ3n) is 6.46. The lowest BCUT2D eigenvalue weighted by molar-refractivity contribution is -0.111. The van der Waals surface area contributed by atoms with Gasteiger partial charge in [-0.15, -0.1) is 0 Å². The number of allylic oxidation sites excluding steroid dienone is 1. The lowest BCUT2D eigenvalue weighted by Crippen LogP contribution is -2.10. The number of nitrogens with one attached hydrogen (secondary N) is 1. The molecule has 4 rings (SSSR count). The van der Waals surface area contributed by atoms with Gasteiger partial charge in [0.15, 0.2) is 11.5 Å². The molecule has 1 heterocycles. The van der Waals surface area contributed by atoms with E-state index in [-0.39, 0.29) is 5.91 Å². The molecule has 192 valence electrons. The number of hydrogen-bond acceptors (Lipinski definition) is 5. The first-order valence-electron chi connectivity index (χ1n) is 12.4. The minimum Gasteiger partial charge on any atom is -0.493 e. The van der Waals surface area contributed by atoms with Crippen molar-refractivity contribution in [2.45, 2.75) is 34.1 Å². The van der Waals surface area contributed by atoms with Gasteiger partial charge >= 0.3 is 0 Å². The smallest absolute Gasteiger partial charge is 0.248 e. The van der Waals surface area contributed by atoms with Crippen LogP contribution in [0, 0.1) is 6.92 Å². The maximum atomic E-state index is 13.0. The summed E-state index contributed by atoms with van der Waals surface area (Å²) < 4.78 is 23.0. The SMILES string of the molecule is CCOc1c(/C(C)=C/C(=O)Nc2ccccc2CC)cc2c(-c3ccc(OC)c(OC)c3)coc2c1C. The molecule has 1 aromatic heterocycles. The molecule has 0 saturated heterocycles. The molecule has 6 heteroatoms. The third-order valence-corrected chi connectivity index (χ3v) is 6.46. The number of fused-ring (bicyclic) bond motifs is 1. The van der Waals surface area contributed by atoms with Crippen LogP contribution in [-0.2, 0) is 11.2 Å². The van der Waals surface area contributed by atoms with Crippen molar-refractivity contribution in [1.82, 2.24) is 0 Å². The number of anilines is 1. The molecule has 37 heavy (non-hydrogen) atoms. The highest BCUT2D eigenvalue weighted by atomic mass is 16.5. The molecular weight excluding hydrogens is 466 g/mol. The second-order valence-corrected chi connectivity index (χ2v) is 8.73. The monoisotopic (exact) mass is 499 g/mol. The normalized spacial score (nSPS) is 11.5. The summed E-state index contributed by atoms with van der Waals surface area (Å²) in [7, 11) is 3.23. The van der Waals surface area contributed by atoms with Gasteiger partial charge in [0.25, 0.3) is 0 Å². The fourth-order valence-electron chi connectivity index (χ4n) is 4.56. The van der Waals surface area contributed by atoms with E-state index in [4.69, 9.17) is 18.6 Å². The van der Waals surface area contributed by atoms with Gasteiger partial charge < -0.3 is 23.9 Å². The van der Waals surface area contributed by atoms with Gasteiger partial charge in [-0.3, -0.25) is 4.79 Å². The molecule has 1 N–H and O–H groups in total. The molecule has 6 nitrogen and oxygen atoms in total. The Labute approximate surface area is 217 Å². The first-order valence-corrected chi connectivity index (χ1v) is 12.4. The predicted octanol–water partition coefficient (Wildman–Crippen LogP) is 7.43. The summed E-state index contributed by atoms with van der Waals surface area (Å²) in [6, 6.07) is 15.6. The van der Waals surface area contributed by atoms with Crippen LogP contribution in [0.15, 0.2) is 65.3 Å². The van der Waals surface area contributed by atoms with E-state index in [0.29, 0.717) is 23.9 Å². The van der Waals surface area contributed by atoms with Crippen molar-refractivity contribution in [3.05, 3.63) is 77.6 Å². The van der Waals surface area contributed by atoms with E-state index in [1.807, 2.05) is 69.3 Å². The van der Waals surface area contributed by atoms with Crippen molar-refractivity contribution in [2.24, 2.45) is 0 Å². The van der Waals surface area contributed by atoms with E-state index in [0.717, 1.165) is 56.5 Å². The number of carbonyl (C=O) groups excluding carboxylic acids is 1. The number of methoxy groups -OCH3 is 2. The minimum atomic E-state index is -0.189. The van der Waals surface area contributed by atoms with Crippen LogP contribution in [0.2, 0.25) is 0 Å². The number of hydrogen-bond donors (Lipinski definition) is 1. The molecule has 0 radical (unpaired) electrons. The van der Waals surface area contributed by atoms with Gasteiger partial charge in [-0.25, -0.2) is 0 Å². The zero-order valence-electron chi connectivity index (χ0n) is 22.2. The molecule has 4 aromatic rings. The molecule has 0 atom stereocenters. The highest BCUT2D eigenvalue weighted by molar-refractivity contribution is 6.06. The Kier molecular flexibility index (Phi) is 7.87. The van der Waals surface area contributed by atoms with E-state index >= 15 is 0 Å². The van der Waals surface area contributed by atoms with Gasteiger partial charge in [-0.1, -0.05) is 31.2 Å². The summed E-state index contributed by atoms with van der Waals surface area (Å²) >= 11 is 0. The van der Waals surface area contributed by atoms with Gasteiger partial charge in [0.2, 0.25) is 5.91 Å². The third kappa shape index (κ3) is 5.19. The summed E-state index contributed by atoms with van der Waals surface area (Å²) in [4.78, 5) is 13.0. The Morgan fingerprint density at radius 3 is 2.49 bits per heavy atom. The topological polar surface area (TPSA) is 69.9 Å². The van der Waals surface area contributed by atoms with Crippen molar-refractivity contribution < 1.29 is 23.4 Å². The first kappa shape index (κ1) is 25.9. The number of carbonyl (C=O) groups is 1. The number of benzene rings is 3. The van der Waals surface area contributed by atoms with Crippen LogP contribution in [-0.4, -0.2) is 26.7 Å². The summed E-state index contributed by atoms with van der Waals surface area (Å²) in [5, 5.41) is 3.94. The van der Waals surface area contributed by atoms with Crippen LogP contribution >= 0.6 is 0 Å². The maximum absolute atomic E-state index is 13.0. The van der Waals surface area contributed by atoms with E-state index in [1.54, 1.807) is 26.6 Å². The summed E-state index contributed by atoms with van der Waals surface area (Å²) in [6.07, 6.45) is 4.19. The Hall–Kier alpha value is -4.19. The molecular formula is C31H33NO5. The molecule has 3 aromatic carbocycles. The van der Waals surface area contributed by atoms with Crippen molar-refractivity contribution in [2.75, 3.05) is 26.1 Å². The van der Waals surface area contributed by atoms with Gasteiger partial charge in [0.1, 0.15) is 11.3 Å². The zero-order chi connectivity index (χ0) is 26.5. The van der Waals surface area contributed by atoms with Crippen molar-refractivity contribution >= 4 is 28.1 Å². The lowest BCUT2D eigenvalue weighted by Gasteiger charge is -2.15. The number of rotatable bonds is 9. The van der Waals surface area contributed by atoms with Crippen LogP contribution < -0.4 is 19.5 Å². The molecule has 0 aliphatic rings. The molecule has 0 unspecified atom stereocenters. The molecule has 0 saturated carbocycles. The lowest BCUT2D eigenvalue weighted by atomic mass is 9.96. The van der Waals surface area contributed by atoms with Gasteiger partial charge in [0.05, 0.1) is 27.1 Å². The number of amides is 1. The second kappa shape index (κ2) is 11.2. The quantitative estimate of drug-likeness (QED) is 0.243. The van der Waals surface area contributed by atoms with Crippen LogP contribution in [0.5, 0.6) is 17.2 Å². The molecule has 1 amide bonds. The van der Waals surface area contributed by atoms with Gasteiger partial charge in [-0.2, -0.15) is 0 Å². The van der Waals surface area contributed by atoms with E-state index in [1.165, 1.54) is 0 Å². The number of aryl methyl sites for hydroxylation is 2. The molecule has 0 bridgehead atoms. The largest absolute Gasteiger partial charge is 0.493 e. The predicted molar refractivity (Wildman–Crippen MR) is 149 cm³/mol. The minimum absolute atomic E-state index is 0.189. The number of para-hydroxylation sites is 1. The van der Waals surface area contributed by atoms with Gasteiger partial charge in [-0.05, 0) is 68.2 Å². The highest BCUT2D eigenvalue weighted by Gasteiger charge is 2.20. The van der Waals surface area contributed by atoms with Gasteiger partial charge in [0, 0.05) is 33.8 Å². The standard InChI is InChI=1S/C31H33NO5/c1-7-21-11-9-10-12-26(21)32-29(33)15-19(3)23-17-24-25(18-37-31(24)20(4)30(23)36-8-2)22-13-14-27(34-5)28(16-22)35-6/h9-18H,7-8H2,1-6H3,(H,32,33)/b19-15+. The fourth-order valence-corrected chi connectivity index (χ4v) is 4.56. The summed E-state index contributed by atoms with van der Waals surface area (Å²) in [6.45, 7) is 8.40. The Balaban J connectivity index is 1.79. The van der Waals surface area contributed by atoms with Crippen molar-refractivity contribution in [3.63, 3.8) is 0 Å². The number of ether oxygens (including phenoxy) is 3. The zero-order valence-corrected chi connectivity index (χ0v) is 22.2. The van der Waals surface area contributed by atoms with Crippen LogP contribution in [0.25, 0.3) is 27.7 Å². The first-order chi connectivity index (χ1) is 17.9. The van der Waals surface area contributed by atoms with Crippen LogP contribution in [0.4, 0.5) is 5.69 Å².